The molecule has 0 atom stereocenters. The minimum atomic E-state index is -0.443. The van der Waals surface area contributed by atoms with E-state index >= 15 is 0 Å². The van der Waals surface area contributed by atoms with Crippen LogP contribution in [0.5, 0.6) is 11.5 Å². The van der Waals surface area contributed by atoms with Gasteiger partial charge < -0.3 is 9.47 Å². The van der Waals surface area contributed by atoms with E-state index in [0.717, 1.165) is 11.1 Å². The Labute approximate surface area is 148 Å². The van der Waals surface area contributed by atoms with Crippen LogP contribution in [-0.4, -0.2) is 25.8 Å². The highest BCUT2D eigenvalue weighted by Crippen LogP contribution is 2.41. The zero-order chi connectivity index (χ0) is 18.8. The summed E-state index contributed by atoms with van der Waals surface area (Å²) >= 11 is 0. The minimum Gasteiger partial charge on any atom is -0.496 e. The fourth-order valence-corrected chi connectivity index (χ4v) is 3.00. The first-order chi connectivity index (χ1) is 11.7. The summed E-state index contributed by atoms with van der Waals surface area (Å²) in [6.45, 7) is 7.18. The van der Waals surface area contributed by atoms with Crippen LogP contribution in [0.15, 0.2) is 36.4 Å². The molecule has 0 saturated carbocycles. The van der Waals surface area contributed by atoms with Crippen molar-refractivity contribution in [2.75, 3.05) is 14.2 Å². The molecule has 0 aliphatic heterocycles. The number of methoxy groups -OCH3 is 2. The summed E-state index contributed by atoms with van der Waals surface area (Å²) < 4.78 is 11.1. The van der Waals surface area contributed by atoms with Crippen molar-refractivity contribution in [1.29, 1.82) is 0 Å². The van der Waals surface area contributed by atoms with Crippen LogP contribution in [-0.2, 0) is 5.41 Å². The smallest absolute Gasteiger partial charge is 0.159 e. The van der Waals surface area contributed by atoms with Gasteiger partial charge in [-0.1, -0.05) is 38.1 Å². The number of hydrogen-bond acceptors (Lipinski definition) is 4. The van der Waals surface area contributed by atoms with Gasteiger partial charge in [0, 0.05) is 27.7 Å². The molecule has 25 heavy (non-hydrogen) atoms. The van der Waals surface area contributed by atoms with Gasteiger partial charge in [0.2, 0.25) is 0 Å². The molecule has 132 valence electrons. The Balaban J connectivity index is 2.62. The lowest BCUT2D eigenvalue weighted by atomic mass is 9.76. The zero-order valence-corrected chi connectivity index (χ0v) is 15.6. The van der Waals surface area contributed by atoms with Gasteiger partial charge in [0.1, 0.15) is 11.5 Å². The molecule has 0 aliphatic rings. The molecule has 0 aromatic heterocycles. The van der Waals surface area contributed by atoms with Crippen LogP contribution in [0.2, 0.25) is 0 Å². The number of carbonyl (C=O) groups excluding carboxylic acids is 2. The Hall–Kier alpha value is -2.62. The molecular weight excluding hydrogens is 316 g/mol. The largest absolute Gasteiger partial charge is 0.496 e. The van der Waals surface area contributed by atoms with Gasteiger partial charge in [0.15, 0.2) is 11.6 Å². The number of ether oxygens (including phenoxy) is 2. The Morgan fingerprint density at radius 2 is 1.12 bits per heavy atom. The Morgan fingerprint density at radius 3 is 1.40 bits per heavy atom. The third-order valence-corrected chi connectivity index (χ3v) is 4.56. The molecule has 0 saturated heterocycles. The summed E-state index contributed by atoms with van der Waals surface area (Å²) in [5.74, 6) is 1.28. The topological polar surface area (TPSA) is 52.6 Å². The molecule has 2 aromatic rings. The predicted octanol–water partition coefficient (Wildman–Crippen LogP) is 4.43. The van der Waals surface area contributed by atoms with E-state index in [-0.39, 0.29) is 11.6 Å². The molecule has 0 spiro atoms. The maximum atomic E-state index is 11.6. The van der Waals surface area contributed by atoms with Gasteiger partial charge in [-0.05, 0) is 26.0 Å². The van der Waals surface area contributed by atoms with E-state index in [9.17, 15) is 9.59 Å². The second-order valence-corrected chi connectivity index (χ2v) is 6.57. The number of rotatable bonds is 6. The van der Waals surface area contributed by atoms with E-state index in [2.05, 4.69) is 13.8 Å². The van der Waals surface area contributed by atoms with Crippen LogP contribution in [0, 0.1) is 0 Å². The summed E-state index contributed by atoms with van der Waals surface area (Å²) in [4.78, 5) is 23.3. The SMILES string of the molecule is COc1cc(C(C)=O)ccc1C(C)(C)c1ccc(C(C)=O)cc1OC. The second-order valence-electron chi connectivity index (χ2n) is 6.57. The second kappa shape index (κ2) is 7.09. The summed E-state index contributed by atoms with van der Waals surface area (Å²) in [5.41, 5.74) is 2.65. The van der Waals surface area contributed by atoms with Gasteiger partial charge >= 0.3 is 0 Å². The highest BCUT2D eigenvalue weighted by atomic mass is 16.5. The van der Waals surface area contributed by atoms with Crippen molar-refractivity contribution in [3.05, 3.63) is 58.7 Å². The lowest BCUT2D eigenvalue weighted by Gasteiger charge is -2.29. The molecule has 0 radical (unpaired) electrons. The first kappa shape index (κ1) is 18.7. The molecule has 0 fully saturated rings. The maximum absolute atomic E-state index is 11.6. The predicted molar refractivity (Wildman–Crippen MR) is 98.1 cm³/mol. The number of ketones is 2. The molecule has 0 amide bonds. The molecular formula is C21H24O4. The fourth-order valence-electron chi connectivity index (χ4n) is 3.00. The van der Waals surface area contributed by atoms with Gasteiger partial charge in [-0.2, -0.15) is 0 Å². The number of carbonyl (C=O) groups is 2. The van der Waals surface area contributed by atoms with Crippen LogP contribution in [0.3, 0.4) is 0 Å². The molecule has 4 heteroatoms. The number of Topliss-reactive ketones (excluding diaryl/α,β-unsaturated/α-hetero) is 2. The van der Waals surface area contributed by atoms with Crippen molar-refractivity contribution in [3.63, 3.8) is 0 Å². The molecule has 0 heterocycles. The monoisotopic (exact) mass is 340 g/mol. The van der Waals surface area contributed by atoms with E-state index in [0.29, 0.717) is 22.6 Å². The standard InChI is InChI=1S/C21H24O4/c1-13(22)15-7-9-17(19(11-15)24-5)21(3,4)18-10-8-16(14(2)23)12-20(18)25-6/h7-12H,1-6H3. The Morgan fingerprint density at radius 1 is 0.760 bits per heavy atom. The van der Waals surface area contributed by atoms with Crippen molar-refractivity contribution in [2.24, 2.45) is 0 Å². The van der Waals surface area contributed by atoms with Gasteiger partial charge in [-0.25, -0.2) is 0 Å². The molecule has 0 N–H and O–H groups in total. The lowest BCUT2D eigenvalue weighted by molar-refractivity contribution is 0.100. The van der Waals surface area contributed by atoms with Crippen molar-refractivity contribution in [1.82, 2.24) is 0 Å². The van der Waals surface area contributed by atoms with Gasteiger partial charge in [-0.3, -0.25) is 9.59 Å². The van der Waals surface area contributed by atoms with Crippen LogP contribution in [0.25, 0.3) is 0 Å². The van der Waals surface area contributed by atoms with E-state index < -0.39 is 5.41 Å². The van der Waals surface area contributed by atoms with Crippen molar-refractivity contribution >= 4 is 11.6 Å². The van der Waals surface area contributed by atoms with E-state index in [1.165, 1.54) is 13.8 Å². The van der Waals surface area contributed by atoms with Gasteiger partial charge in [-0.15, -0.1) is 0 Å². The quantitative estimate of drug-likeness (QED) is 0.730. The van der Waals surface area contributed by atoms with Crippen LogP contribution in [0.1, 0.15) is 59.5 Å². The molecule has 0 aliphatic carbocycles. The number of benzene rings is 2. The van der Waals surface area contributed by atoms with Crippen molar-refractivity contribution < 1.29 is 19.1 Å². The molecule has 0 unspecified atom stereocenters. The summed E-state index contributed by atoms with van der Waals surface area (Å²) in [6.07, 6.45) is 0. The van der Waals surface area contributed by atoms with Crippen LogP contribution in [0.4, 0.5) is 0 Å². The van der Waals surface area contributed by atoms with Crippen LogP contribution < -0.4 is 9.47 Å². The normalized spacial score (nSPS) is 11.1. The summed E-state index contributed by atoms with van der Waals surface area (Å²) in [7, 11) is 3.18. The molecule has 2 rings (SSSR count). The first-order valence-electron chi connectivity index (χ1n) is 8.11. The van der Waals surface area contributed by atoms with Gasteiger partial charge in [0.05, 0.1) is 14.2 Å². The lowest BCUT2D eigenvalue weighted by Crippen LogP contribution is -2.21. The third kappa shape index (κ3) is 3.58. The Kier molecular flexibility index (Phi) is 5.31. The average Bonchev–Trinajstić information content (AvgIpc) is 2.60. The highest BCUT2D eigenvalue weighted by Gasteiger charge is 2.30. The number of hydrogen-bond donors (Lipinski definition) is 0. The molecule has 2 aromatic carbocycles. The highest BCUT2D eigenvalue weighted by molar-refractivity contribution is 5.95. The Bertz CT molecular complexity index is 751. The van der Waals surface area contributed by atoms with Gasteiger partial charge in [0.25, 0.3) is 0 Å². The molecule has 0 bridgehead atoms. The van der Waals surface area contributed by atoms with E-state index in [4.69, 9.17) is 9.47 Å². The summed E-state index contributed by atoms with van der Waals surface area (Å²) in [5, 5.41) is 0. The van der Waals surface area contributed by atoms with Crippen LogP contribution >= 0.6 is 0 Å². The minimum absolute atomic E-state index is 0.00829. The third-order valence-electron chi connectivity index (χ3n) is 4.56. The first-order valence-corrected chi connectivity index (χ1v) is 8.11. The zero-order valence-electron chi connectivity index (χ0n) is 15.6. The average molecular weight is 340 g/mol. The van der Waals surface area contributed by atoms with Crippen molar-refractivity contribution in [2.45, 2.75) is 33.1 Å². The fraction of sp³-hybridized carbons (Fsp3) is 0.333. The van der Waals surface area contributed by atoms with Crippen molar-refractivity contribution in [3.8, 4) is 11.5 Å². The van der Waals surface area contributed by atoms with E-state index in [1.807, 2.05) is 12.1 Å². The maximum Gasteiger partial charge on any atom is 0.159 e. The summed E-state index contributed by atoms with van der Waals surface area (Å²) in [6, 6.07) is 10.9. The van der Waals surface area contributed by atoms with E-state index in [1.54, 1.807) is 38.5 Å². The molecule has 4 nitrogen and oxygen atoms in total.